The van der Waals surface area contributed by atoms with Crippen molar-refractivity contribution in [1.82, 2.24) is 4.31 Å². The quantitative estimate of drug-likeness (QED) is 0.732. The Bertz CT molecular complexity index is 649. The third kappa shape index (κ3) is 4.28. The fourth-order valence-corrected chi connectivity index (χ4v) is 4.29. The Kier molecular flexibility index (Phi) is 6.37. The molecule has 0 aromatic heterocycles. The predicted octanol–water partition coefficient (Wildman–Crippen LogP) is 2.29. The van der Waals surface area contributed by atoms with Gasteiger partial charge in [0.2, 0.25) is 10.0 Å². The maximum absolute atomic E-state index is 12.5. The van der Waals surface area contributed by atoms with E-state index in [1.54, 1.807) is 13.8 Å². The number of hydrogen-bond donors (Lipinski definition) is 0. The number of sulfonamides is 1. The average molecular weight is 333 g/mol. The number of hydrogen-bond acceptors (Lipinski definition) is 4. The van der Waals surface area contributed by atoms with Gasteiger partial charge >= 0.3 is 0 Å². The summed E-state index contributed by atoms with van der Waals surface area (Å²) in [5.41, 5.74) is 0. The van der Waals surface area contributed by atoms with Crippen molar-refractivity contribution < 1.29 is 16.8 Å². The molecule has 0 aliphatic carbocycles. The average Bonchev–Trinajstić information content (AvgIpc) is 2.48. The Labute approximate surface area is 127 Å². The molecule has 0 saturated heterocycles. The zero-order valence-electron chi connectivity index (χ0n) is 12.7. The molecule has 0 atom stereocenters. The topological polar surface area (TPSA) is 71.5 Å². The van der Waals surface area contributed by atoms with E-state index in [0.717, 1.165) is 12.8 Å². The van der Waals surface area contributed by atoms with Gasteiger partial charge in [0.25, 0.3) is 0 Å². The third-order valence-electron chi connectivity index (χ3n) is 3.31. The van der Waals surface area contributed by atoms with Crippen molar-refractivity contribution in [2.45, 2.75) is 43.4 Å². The van der Waals surface area contributed by atoms with Crippen LogP contribution in [0.5, 0.6) is 0 Å². The fourth-order valence-electron chi connectivity index (χ4n) is 1.92. The van der Waals surface area contributed by atoms with Gasteiger partial charge in [0.15, 0.2) is 9.84 Å². The Morgan fingerprint density at radius 2 is 1.43 bits per heavy atom. The molecule has 0 fully saturated rings. The number of sulfone groups is 1. The lowest BCUT2D eigenvalue weighted by Gasteiger charge is -2.20. The van der Waals surface area contributed by atoms with Crippen molar-refractivity contribution in [1.29, 1.82) is 0 Å². The summed E-state index contributed by atoms with van der Waals surface area (Å²) in [5.74, 6) is -0.00329. The highest BCUT2D eigenvalue weighted by Crippen LogP contribution is 2.19. The summed E-state index contributed by atoms with van der Waals surface area (Å²) in [5, 5.41) is 0. The van der Waals surface area contributed by atoms with Crippen LogP contribution in [0.4, 0.5) is 0 Å². The predicted molar refractivity (Wildman–Crippen MR) is 83.5 cm³/mol. The van der Waals surface area contributed by atoms with Crippen LogP contribution < -0.4 is 0 Å². The number of nitrogens with zero attached hydrogens (tertiary/aromatic N) is 1. The van der Waals surface area contributed by atoms with Gasteiger partial charge in [0.05, 0.1) is 15.5 Å². The molecule has 5 nitrogen and oxygen atoms in total. The molecule has 0 bridgehead atoms. The van der Waals surface area contributed by atoms with E-state index in [4.69, 9.17) is 0 Å². The van der Waals surface area contributed by atoms with E-state index in [1.807, 2.05) is 6.92 Å². The SMILES string of the molecule is CCCCN(CC)S(=O)(=O)c1ccc(S(=O)(=O)CC)cc1. The lowest BCUT2D eigenvalue weighted by Crippen LogP contribution is -2.31. The van der Waals surface area contributed by atoms with Crippen LogP contribution in [-0.4, -0.2) is 40.0 Å². The summed E-state index contributed by atoms with van der Waals surface area (Å²) in [6.45, 7) is 6.24. The molecule has 1 aromatic carbocycles. The summed E-state index contributed by atoms with van der Waals surface area (Å²) in [4.78, 5) is 0.288. The molecule has 7 heteroatoms. The van der Waals surface area contributed by atoms with Crippen LogP contribution in [0.25, 0.3) is 0 Å². The van der Waals surface area contributed by atoms with Crippen molar-refractivity contribution >= 4 is 19.9 Å². The molecule has 0 saturated carbocycles. The lowest BCUT2D eigenvalue weighted by atomic mass is 10.3. The summed E-state index contributed by atoms with van der Waals surface area (Å²) in [6.07, 6.45) is 1.72. The van der Waals surface area contributed by atoms with Crippen molar-refractivity contribution in [3.63, 3.8) is 0 Å². The van der Waals surface area contributed by atoms with Gasteiger partial charge in [-0.1, -0.05) is 27.2 Å². The zero-order valence-corrected chi connectivity index (χ0v) is 14.4. The van der Waals surface area contributed by atoms with Crippen molar-refractivity contribution in [2.75, 3.05) is 18.8 Å². The molecule has 0 aliphatic heterocycles. The van der Waals surface area contributed by atoms with E-state index in [1.165, 1.54) is 28.6 Å². The number of rotatable bonds is 8. The van der Waals surface area contributed by atoms with Crippen LogP contribution >= 0.6 is 0 Å². The van der Waals surface area contributed by atoms with E-state index in [-0.39, 0.29) is 15.5 Å². The van der Waals surface area contributed by atoms with Crippen LogP contribution in [0, 0.1) is 0 Å². The van der Waals surface area contributed by atoms with Crippen LogP contribution in [0.1, 0.15) is 33.6 Å². The highest BCUT2D eigenvalue weighted by atomic mass is 32.2. The molecule has 0 radical (unpaired) electrons. The van der Waals surface area contributed by atoms with Crippen molar-refractivity contribution in [2.24, 2.45) is 0 Å². The molecule has 0 amide bonds. The van der Waals surface area contributed by atoms with Gasteiger partial charge in [-0.15, -0.1) is 0 Å². The Hall–Kier alpha value is -0.920. The standard InChI is InChI=1S/C14H23NO4S2/c1-4-7-12-15(5-2)21(18,19)14-10-8-13(9-11-14)20(16,17)6-3/h8-11H,4-7,12H2,1-3H3. The lowest BCUT2D eigenvalue weighted by molar-refractivity contribution is 0.419. The van der Waals surface area contributed by atoms with Crippen LogP contribution in [0.2, 0.25) is 0 Å². The first-order chi connectivity index (χ1) is 9.79. The molecular weight excluding hydrogens is 310 g/mol. The van der Waals surface area contributed by atoms with Crippen LogP contribution in [0.15, 0.2) is 34.1 Å². The zero-order chi connectivity index (χ0) is 16.1. The molecular formula is C14H23NO4S2. The minimum atomic E-state index is -3.55. The summed E-state index contributed by atoms with van der Waals surface area (Å²) < 4.78 is 49.8. The van der Waals surface area contributed by atoms with Crippen molar-refractivity contribution in [3.05, 3.63) is 24.3 Å². The Morgan fingerprint density at radius 3 is 1.86 bits per heavy atom. The second kappa shape index (κ2) is 7.38. The van der Waals surface area contributed by atoms with E-state index >= 15 is 0 Å². The number of benzene rings is 1. The maximum Gasteiger partial charge on any atom is 0.243 e. The molecule has 0 spiro atoms. The second-order valence-corrected chi connectivity index (χ2v) is 8.94. The second-order valence-electron chi connectivity index (χ2n) is 4.73. The van der Waals surface area contributed by atoms with Gasteiger partial charge in [-0.05, 0) is 30.7 Å². The molecule has 1 rings (SSSR count). The highest BCUT2D eigenvalue weighted by molar-refractivity contribution is 7.91. The molecule has 1 aromatic rings. The van der Waals surface area contributed by atoms with Crippen LogP contribution in [-0.2, 0) is 19.9 Å². The molecule has 0 unspecified atom stereocenters. The van der Waals surface area contributed by atoms with E-state index < -0.39 is 19.9 Å². The van der Waals surface area contributed by atoms with Gasteiger partial charge < -0.3 is 0 Å². The third-order valence-corrected chi connectivity index (χ3v) is 7.05. The van der Waals surface area contributed by atoms with Crippen LogP contribution in [0.3, 0.4) is 0 Å². The summed E-state index contributed by atoms with van der Waals surface area (Å²) in [6, 6.07) is 5.46. The monoisotopic (exact) mass is 333 g/mol. The Morgan fingerprint density at radius 1 is 0.905 bits per heavy atom. The fraction of sp³-hybridized carbons (Fsp3) is 0.571. The van der Waals surface area contributed by atoms with Gasteiger partial charge in [0.1, 0.15) is 0 Å². The van der Waals surface area contributed by atoms with E-state index in [9.17, 15) is 16.8 Å². The molecule has 0 heterocycles. The van der Waals surface area contributed by atoms with Gasteiger partial charge in [-0.25, -0.2) is 16.8 Å². The molecule has 120 valence electrons. The smallest absolute Gasteiger partial charge is 0.224 e. The van der Waals surface area contributed by atoms with E-state index in [2.05, 4.69) is 0 Å². The Balaban J connectivity index is 3.10. The largest absolute Gasteiger partial charge is 0.243 e. The first kappa shape index (κ1) is 18.1. The van der Waals surface area contributed by atoms with Gasteiger partial charge in [0, 0.05) is 13.1 Å². The van der Waals surface area contributed by atoms with E-state index in [0.29, 0.717) is 13.1 Å². The first-order valence-electron chi connectivity index (χ1n) is 7.12. The van der Waals surface area contributed by atoms with Gasteiger partial charge in [-0.3, -0.25) is 0 Å². The van der Waals surface area contributed by atoms with Gasteiger partial charge in [-0.2, -0.15) is 4.31 Å². The minimum absolute atomic E-state index is 0.00329. The normalized spacial score (nSPS) is 12.8. The maximum atomic E-state index is 12.5. The number of unbranched alkanes of at least 4 members (excludes halogenated alkanes) is 1. The first-order valence-corrected chi connectivity index (χ1v) is 10.2. The highest BCUT2D eigenvalue weighted by Gasteiger charge is 2.23. The van der Waals surface area contributed by atoms with Crippen molar-refractivity contribution in [3.8, 4) is 0 Å². The summed E-state index contributed by atoms with van der Waals surface area (Å²) in [7, 11) is -6.86. The summed E-state index contributed by atoms with van der Waals surface area (Å²) >= 11 is 0. The minimum Gasteiger partial charge on any atom is -0.224 e. The molecule has 0 aliphatic rings. The molecule has 0 N–H and O–H groups in total. The molecule has 21 heavy (non-hydrogen) atoms.